The van der Waals surface area contributed by atoms with Crippen LogP contribution in [0.25, 0.3) is 0 Å². The minimum atomic E-state index is -0.997. The second-order valence-electron chi connectivity index (χ2n) is 8.71. The number of rotatable bonds is 4. The smallest absolute Gasteiger partial charge is 0.315 e. The van der Waals surface area contributed by atoms with Crippen LogP contribution in [0.2, 0.25) is 0 Å². The number of hydrogen-bond acceptors (Lipinski definition) is 8. The van der Waals surface area contributed by atoms with Gasteiger partial charge in [0.25, 0.3) is 5.69 Å². The first kappa shape index (κ1) is 20.9. The zero-order chi connectivity index (χ0) is 22.5. The largest absolute Gasteiger partial charge is 0.465 e. The van der Waals surface area contributed by atoms with Crippen molar-refractivity contribution in [2.24, 2.45) is 11.3 Å². The first-order valence-corrected chi connectivity index (χ1v) is 10.1. The van der Waals surface area contributed by atoms with E-state index in [2.05, 4.69) is 11.9 Å². The number of nitrogens with one attached hydrogen (secondary N) is 1. The molecule has 164 valence electrons. The van der Waals surface area contributed by atoms with Gasteiger partial charge in [-0.2, -0.15) is 0 Å². The number of nitro groups is 1. The van der Waals surface area contributed by atoms with Gasteiger partial charge >= 0.3 is 5.97 Å². The highest BCUT2D eigenvalue weighted by Gasteiger charge is 2.49. The molecule has 1 aromatic carbocycles. The van der Waals surface area contributed by atoms with E-state index in [0.717, 1.165) is 0 Å². The van der Waals surface area contributed by atoms with Crippen LogP contribution in [0.5, 0.6) is 11.5 Å². The Morgan fingerprint density at radius 2 is 2.00 bits per heavy atom. The van der Waals surface area contributed by atoms with E-state index in [1.54, 1.807) is 6.92 Å². The third-order valence-corrected chi connectivity index (χ3v) is 5.85. The molecule has 0 bridgehead atoms. The maximum atomic E-state index is 13.3. The third kappa shape index (κ3) is 3.54. The monoisotopic (exact) mass is 428 g/mol. The number of carbonyl (C=O) groups is 2. The summed E-state index contributed by atoms with van der Waals surface area (Å²) >= 11 is 0. The van der Waals surface area contributed by atoms with Crippen LogP contribution in [0.15, 0.2) is 35.7 Å². The summed E-state index contributed by atoms with van der Waals surface area (Å²) in [5, 5.41) is 15.1. The molecule has 0 amide bonds. The molecule has 0 spiro atoms. The number of nitrogens with zero attached hydrogens (tertiary/aromatic N) is 1. The highest BCUT2D eigenvalue weighted by molar-refractivity contribution is 6.01. The van der Waals surface area contributed by atoms with E-state index < -0.39 is 22.7 Å². The Morgan fingerprint density at radius 1 is 1.32 bits per heavy atom. The van der Waals surface area contributed by atoms with E-state index in [9.17, 15) is 19.7 Å². The van der Waals surface area contributed by atoms with Gasteiger partial charge in [0, 0.05) is 34.9 Å². The first-order valence-electron chi connectivity index (χ1n) is 10.1. The Morgan fingerprint density at radius 3 is 2.65 bits per heavy atom. The van der Waals surface area contributed by atoms with E-state index >= 15 is 0 Å². The number of fused-ring (bicyclic) bond motifs is 1. The van der Waals surface area contributed by atoms with E-state index in [0.29, 0.717) is 29.1 Å². The summed E-state index contributed by atoms with van der Waals surface area (Å²) in [7, 11) is 0. The second kappa shape index (κ2) is 7.40. The molecular formula is C22H24N2O7. The summed E-state index contributed by atoms with van der Waals surface area (Å²) in [6.45, 7) is 9.71. The zero-order valence-electron chi connectivity index (χ0n) is 17.6. The zero-order valence-corrected chi connectivity index (χ0v) is 17.6. The average molecular weight is 428 g/mol. The molecule has 4 rings (SSSR count). The van der Waals surface area contributed by atoms with Crippen LogP contribution in [0.4, 0.5) is 5.69 Å². The number of ether oxygens (including phenoxy) is 3. The Kier molecular flexibility index (Phi) is 4.99. The molecule has 9 heteroatoms. The second-order valence-corrected chi connectivity index (χ2v) is 8.71. The van der Waals surface area contributed by atoms with Crippen molar-refractivity contribution in [1.29, 1.82) is 0 Å². The molecule has 1 aromatic rings. The Hall–Kier alpha value is -3.36. The maximum absolute atomic E-state index is 13.3. The lowest BCUT2D eigenvalue weighted by Gasteiger charge is -2.42. The highest BCUT2D eigenvalue weighted by Crippen LogP contribution is 2.52. The number of allylic oxidation sites excluding steroid dienone is 2. The van der Waals surface area contributed by atoms with E-state index in [1.807, 2.05) is 13.8 Å². The Labute approximate surface area is 179 Å². The van der Waals surface area contributed by atoms with Gasteiger partial charge < -0.3 is 19.5 Å². The number of esters is 1. The molecule has 0 aromatic heterocycles. The minimum absolute atomic E-state index is 0.0583. The van der Waals surface area contributed by atoms with Crippen LogP contribution in [-0.4, -0.2) is 30.1 Å². The van der Waals surface area contributed by atoms with Gasteiger partial charge in [-0.25, -0.2) is 0 Å². The normalized spacial score (nSPS) is 23.8. The van der Waals surface area contributed by atoms with Gasteiger partial charge in [0.15, 0.2) is 17.3 Å². The molecular weight excluding hydrogens is 404 g/mol. The number of benzene rings is 1. The van der Waals surface area contributed by atoms with Crippen molar-refractivity contribution in [2.75, 3.05) is 13.4 Å². The van der Waals surface area contributed by atoms with Crippen LogP contribution in [0.3, 0.4) is 0 Å². The van der Waals surface area contributed by atoms with Crippen LogP contribution >= 0.6 is 0 Å². The van der Waals surface area contributed by atoms with Gasteiger partial charge in [-0.1, -0.05) is 20.4 Å². The van der Waals surface area contributed by atoms with E-state index in [1.165, 1.54) is 12.1 Å². The Bertz CT molecular complexity index is 1040. The van der Waals surface area contributed by atoms with Crippen LogP contribution in [0, 0.1) is 21.4 Å². The number of Topliss-reactive ketones (excluding diaryl/α,β-unsaturated/α-hetero) is 1. The molecule has 2 aliphatic heterocycles. The molecule has 1 aliphatic carbocycles. The van der Waals surface area contributed by atoms with Crippen LogP contribution < -0.4 is 14.8 Å². The molecule has 2 heterocycles. The molecule has 2 unspecified atom stereocenters. The number of hydrogen-bond donors (Lipinski definition) is 1. The highest BCUT2D eigenvalue weighted by atomic mass is 16.7. The average Bonchev–Trinajstić information content (AvgIpc) is 3.12. The topological polar surface area (TPSA) is 117 Å². The minimum Gasteiger partial charge on any atom is -0.465 e. The molecule has 31 heavy (non-hydrogen) atoms. The fourth-order valence-corrected chi connectivity index (χ4v) is 4.65. The molecule has 0 radical (unpaired) electrons. The van der Waals surface area contributed by atoms with Gasteiger partial charge in [-0.3, -0.25) is 19.7 Å². The summed E-state index contributed by atoms with van der Waals surface area (Å²) in [4.78, 5) is 37.6. The number of nitro benzene ring substituents is 1. The van der Waals surface area contributed by atoms with Crippen LogP contribution in [-0.2, 0) is 14.3 Å². The fraction of sp³-hybridized carbons (Fsp3) is 0.455. The maximum Gasteiger partial charge on any atom is 0.315 e. The van der Waals surface area contributed by atoms with E-state index in [-0.39, 0.29) is 48.0 Å². The summed E-state index contributed by atoms with van der Waals surface area (Å²) in [5.41, 5.74) is 1.03. The van der Waals surface area contributed by atoms with Crippen molar-refractivity contribution in [2.45, 2.75) is 39.5 Å². The van der Waals surface area contributed by atoms with Crippen molar-refractivity contribution in [3.63, 3.8) is 0 Å². The van der Waals surface area contributed by atoms with Gasteiger partial charge in [-0.15, -0.1) is 0 Å². The number of ketones is 1. The van der Waals surface area contributed by atoms with Crippen molar-refractivity contribution in [3.8, 4) is 11.5 Å². The predicted octanol–water partition coefficient (Wildman–Crippen LogP) is 3.35. The molecule has 0 saturated heterocycles. The van der Waals surface area contributed by atoms with Gasteiger partial charge in [0.1, 0.15) is 5.92 Å². The third-order valence-electron chi connectivity index (χ3n) is 5.85. The summed E-state index contributed by atoms with van der Waals surface area (Å²) in [6.07, 6.45) is 0.821. The summed E-state index contributed by atoms with van der Waals surface area (Å²) in [6, 6.07) is 2.77. The molecule has 9 nitrogen and oxygen atoms in total. The first-order chi connectivity index (χ1) is 14.6. The lowest BCUT2D eigenvalue weighted by molar-refractivity contribution is -0.385. The van der Waals surface area contributed by atoms with E-state index in [4.69, 9.17) is 14.2 Å². The SMILES string of the molecule is C=C1NC2=C(C(=O)CC(C)(C)C2)C(c2cc3c(cc2[N+](=O)[O-])OCO3)C1C(=O)OCC. The number of carbonyl (C=O) groups excluding carboxylic acids is 2. The molecule has 3 aliphatic rings. The van der Waals surface area contributed by atoms with Gasteiger partial charge in [0.2, 0.25) is 6.79 Å². The van der Waals surface area contributed by atoms with Crippen molar-refractivity contribution in [3.05, 3.63) is 51.4 Å². The van der Waals surface area contributed by atoms with Crippen LogP contribution in [0.1, 0.15) is 45.1 Å². The van der Waals surface area contributed by atoms with Gasteiger partial charge in [0.05, 0.1) is 17.6 Å². The molecule has 2 atom stereocenters. The van der Waals surface area contributed by atoms with Crippen molar-refractivity contribution >= 4 is 17.4 Å². The summed E-state index contributed by atoms with van der Waals surface area (Å²) < 4.78 is 16.0. The lowest BCUT2D eigenvalue weighted by atomic mass is 9.66. The van der Waals surface area contributed by atoms with Gasteiger partial charge in [-0.05, 0) is 24.8 Å². The Balaban J connectivity index is 1.96. The molecule has 1 N–H and O–H groups in total. The quantitative estimate of drug-likeness (QED) is 0.441. The molecule has 0 saturated carbocycles. The standard InChI is InChI=1S/C22H24N2O7/c1-5-29-21(26)18-11(2)23-13-8-22(3,4)9-15(25)20(13)19(18)12-6-16-17(31-10-30-16)7-14(12)24(27)28/h6-7,18-19,23H,2,5,8-10H2,1,3-4H3. The van der Waals surface area contributed by atoms with Crippen molar-refractivity contribution in [1.82, 2.24) is 5.32 Å². The predicted molar refractivity (Wildman–Crippen MR) is 109 cm³/mol. The fourth-order valence-electron chi connectivity index (χ4n) is 4.65. The lowest BCUT2D eigenvalue weighted by Crippen LogP contribution is -2.43. The van der Waals surface area contributed by atoms with Crippen molar-refractivity contribution < 1.29 is 28.7 Å². The summed E-state index contributed by atoms with van der Waals surface area (Å²) in [5.74, 6) is -2.08. The molecule has 0 fully saturated rings.